The van der Waals surface area contributed by atoms with Crippen molar-refractivity contribution in [2.24, 2.45) is 0 Å². The zero-order valence-corrected chi connectivity index (χ0v) is 14.6. The minimum Gasteiger partial charge on any atom is -0.452 e. The van der Waals surface area contributed by atoms with E-state index in [0.717, 1.165) is 0 Å². The van der Waals surface area contributed by atoms with Crippen molar-refractivity contribution >= 4 is 23.3 Å². The number of nitrogens with zero attached hydrogens (tertiary/aromatic N) is 3. The Morgan fingerprint density at radius 3 is 2.52 bits per heavy atom. The summed E-state index contributed by atoms with van der Waals surface area (Å²) in [6.45, 7) is 1.06. The molecule has 0 aliphatic rings. The highest BCUT2D eigenvalue weighted by Crippen LogP contribution is 2.24. The minimum absolute atomic E-state index is 0.109. The van der Waals surface area contributed by atoms with Crippen LogP contribution < -0.4 is 4.90 Å². The minimum atomic E-state index is -0.952. The van der Waals surface area contributed by atoms with Gasteiger partial charge >= 0.3 is 5.97 Å². The predicted octanol–water partition coefficient (Wildman–Crippen LogP) is 3.01. The molecule has 2 rings (SSSR count). The van der Waals surface area contributed by atoms with Gasteiger partial charge in [0.25, 0.3) is 11.6 Å². The van der Waals surface area contributed by atoms with Gasteiger partial charge in [0.1, 0.15) is 5.56 Å². The second-order valence-corrected chi connectivity index (χ2v) is 5.59. The fourth-order valence-corrected chi connectivity index (χ4v) is 2.52. The average molecular weight is 367 g/mol. The summed E-state index contributed by atoms with van der Waals surface area (Å²) in [7, 11) is 0. The molecular formula is C19H17N3O5. The van der Waals surface area contributed by atoms with Gasteiger partial charge < -0.3 is 9.64 Å². The van der Waals surface area contributed by atoms with Crippen LogP contribution in [-0.2, 0) is 9.53 Å². The number of hydrogen-bond acceptors (Lipinski definition) is 6. The summed E-state index contributed by atoms with van der Waals surface area (Å²) in [4.78, 5) is 36.6. The summed E-state index contributed by atoms with van der Waals surface area (Å²) in [6, 6.07) is 14.9. The standard InChI is InChI=1S/C19H17N3O5/c1-14-7-5-10-16(18(14)22(25)26)19(24)27-13-17(23)21(12-6-11-20)15-8-3-2-4-9-15/h2-5,7-10H,6,12-13H2,1H3. The molecule has 138 valence electrons. The number of rotatable bonds is 7. The average Bonchev–Trinajstić information content (AvgIpc) is 2.66. The van der Waals surface area contributed by atoms with Gasteiger partial charge in [-0.05, 0) is 25.1 Å². The van der Waals surface area contributed by atoms with E-state index in [1.165, 1.54) is 30.0 Å². The number of aryl methyl sites for hydroxylation is 1. The Morgan fingerprint density at radius 2 is 1.89 bits per heavy atom. The lowest BCUT2D eigenvalue weighted by Crippen LogP contribution is -2.35. The maximum absolute atomic E-state index is 12.5. The van der Waals surface area contributed by atoms with Crippen molar-refractivity contribution in [1.82, 2.24) is 0 Å². The van der Waals surface area contributed by atoms with Crippen LogP contribution in [0.25, 0.3) is 0 Å². The van der Waals surface area contributed by atoms with Crippen molar-refractivity contribution in [3.63, 3.8) is 0 Å². The Hall–Kier alpha value is -3.73. The second-order valence-electron chi connectivity index (χ2n) is 5.59. The molecule has 0 fully saturated rings. The van der Waals surface area contributed by atoms with Gasteiger partial charge in [0.05, 0.1) is 17.4 Å². The summed E-state index contributed by atoms with van der Waals surface area (Å²) in [5.74, 6) is -1.48. The largest absolute Gasteiger partial charge is 0.452 e. The Bertz CT molecular complexity index is 890. The quantitative estimate of drug-likeness (QED) is 0.422. The van der Waals surface area contributed by atoms with Crippen molar-refractivity contribution in [2.45, 2.75) is 13.3 Å². The molecule has 0 aromatic heterocycles. The van der Waals surface area contributed by atoms with Crippen LogP contribution in [0.3, 0.4) is 0 Å². The number of anilines is 1. The van der Waals surface area contributed by atoms with Crippen molar-refractivity contribution in [3.05, 3.63) is 69.8 Å². The number of esters is 1. The highest BCUT2D eigenvalue weighted by atomic mass is 16.6. The highest BCUT2D eigenvalue weighted by Gasteiger charge is 2.25. The van der Waals surface area contributed by atoms with Crippen molar-refractivity contribution in [2.75, 3.05) is 18.1 Å². The Labute approximate surface area is 155 Å². The van der Waals surface area contributed by atoms with Gasteiger partial charge in [0, 0.05) is 17.8 Å². The monoisotopic (exact) mass is 367 g/mol. The first-order valence-electron chi connectivity index (χ1n) is 8.09. The van der Waals surface area contributed by atoms with Crippen LogP contribution in [0.5, 0.6) is 0 Å². The molecule has 0 heterocycles. The van der Waals surface area contributed by atoms with E-state index in [1.54, 1.807) is 30.3 Å². The molecule has 0 N–H and O–H groups in total. The molecule has 0 saturated carbocycles. The Kier molecular flexibility index (Phi) is 6.61. The molecule has 2 aromatic carbocycles. The number of nitro groups is 1. The lowest BCUT2D eigenvalue weighted by Gasteiger charge is -2.21. The Morgan fingerprint density at radius 1 is 1.19 bits per heavy atom. The van der Waals surface area contributed by atoms with E-state index in [0.29, 0.717) is 11.3 Å². The summed E-state index contributed by atoms with van der Waals surface area (Å²) < 4.78 is 5.00. The molecule has 1 amide bonds. The van der Waals surface area contributed by atoms with Crippen LogP contribution in [0.2, 0.25) is 0 Å². The molecule has 0 atom stereocenters. The molecule has 8 nitrogen and oxygen atoms in total. The van der Waals surface area contributed by atoms with Crippen molar-refractivity contribution < 1.29 is 19.2 Å². The van der Waals surface area contributed by atoms with Gasteiger partial charge in [-0.3, -0.25) is 14.9 Å². The number of ether oxygens (including phenoxy) is 1. The van der Waals surface area contributed by atoms with E-state index in [9.17, 15) is 19.7 Å². The number of benzene rings is 2. The van der Waals surface area contributed by atoms with E-state index in [1.807, 2.05) is 6.07 Å². The number of para-hydroxylation sites is 2. The maximum Gasteiger partial charge on any atom is 0.345 e. The third kappa shape index (κ3) is 4.89. The van der Waals surface area contributed by atoms with Gasteiger partial charge in [-0.25, -0.2) is 4.79 Å². The Balaban J connectivity index is 2.14. The van der Waals surface area contributed by atoms with Gasteiger partial charge in [-0.2, -0.15) is 5.26 Å². The van der Waals surface area contributed by atoms with Crippen LogP contribution >= 0.6 is 0 Å². The first-order chi connectivity index (χ1) is 13.0. The number of nitriles is 1. The number of hydrogen-bond donors (Lipinski definition) is 0. The highest BCUT2D eigenvalue weighted by molar-refractivity contribution is 5.98. The lowest BCUT2D eigenvalue weighted by molar-refractivity contribution is -0.385. The number of carbonyl (C=O) groups excluding carboxylic acids is 2. The second kappa shape index (κ2) is 9.10. The lowest BCUT2D eigenvalue weighted by atomic mass is 10.1. The third-order valence-electron chi connectivity index (χ3n) is 3.78. The SMILES string of the molecule is Cc1cccc(C(=O)OCC(=O)N(CCC#N)c2ccccc2)c1[N+](=O)[O-]. The molecule has 27 heavy (non-hydrogen) atoms. The number of carbonyl (C=O) groups is 2. The zero-order chi connectivity index (χ0) is 19.8. The van der Waals surface area contributed by atoms with E-state index in [-0.39, 0.29) is 24.2 Å². The first kappa shape index (κ1) is 19.6. The summed E-state index contributed by atoms with van der Waals surface area (Å²) in [5.41, 5.74) is 0.325. The van der Waals surface area contributed by atoms with Crippen molar-refractivity contribution in [1.29, 1.82) is 5.26 Å². The van der Waals surface area contributed by atoms with Gasteiger partial charge in [-0.15, -0.1) is 0 Å². The fraction of sp³-hybridized carbons (Fsp3) is 0.211. The van der Waals surface area contributed by atoms with Crippen LogP contribution in [0.4, 0.5) is 11.4 Å². The van der Waals surface area contributed by atoms with Crippen LogP contribution in [-0.4, -0.2) is 30.0 Å². The maximum atomic E-state index is 12.5. The molecule has 0 aliphatic carbocycles. The van der Waals surface area contributed by atoms with E-state index in [2.05, 4.69) is 0 Å². The molecule has 0 spiro atoms. The predicted molar refractivity (Wildman–Crippen MR) is 97.1 cm³/mol. The fourth-order valence-electron chi connectivity index (χ4n) is 2.52. The molecule has 0 radical (unpaired) electrons. The summed E-state index contributed by atoms with van der Waals surface area (Å²) in [5, 5.41) is 20.0. The van der Waals surface area contributed by atoms with E-state index >= 15 is 0 Å². The van der Waals surface area contributed by atoms with Gasteiger partial charge in [-0.1, -0.05) is 30.3 Å². The number of nitro benzene ring substituents is 1. The first-order valence-corrected chi connectivity index (χ1v) is 8.09. The normalized spacial score (nSPS) is 9.93. The zero-order valence-electron chi connectivity index (χ0n) is 14.6. The summed E-state index contributed by atoms with van der Waals surface area (Å²) >= 11 is 0. The molecule has 0 unspecified atom stereocenters. The van der Waals surface area contributed by atoms with Crippen LogP contribution in [0.15, 0.2) is 48.5 Å². The topological polar surface area (TPSA) is 114 Å². The molecule has 0 saturated heterocycles. The number of amides is 1. The van der Waals surface area contributed by atoms with Crippen LogP contribution in [0, 0.1) is 28.4 Å². The molecule has 8 heteroatoms. The molecule has 0 aliphatic heterocycles. The van der Waals surface area contributed by atoms with Gasteiger partial charge in [0.2, 0.25) is 0 Å². The third-order valence-corrected chi connectivity index (χ3v) is 3.78. The summed E-state index contributed by atoms with van der Waals surface area (Å²) in [6.07, 6.45) is 0.109. The van der Waals surface area contributed by atoms with E-state index in [4.69, 9.17) is 10.00 Å². The molecular weight excluding hydrogens is 350 g/mol. The molecule has 0 bridgehead atoms. The molecule has 2 aromatic rings. The van der Waals surface area contributed by atoms with Crippen LogP contribution in [0.1, 0.15) is 22.3 Å². The van der Waals surface area contributed by atoms with E-state index < -0.39 is 23.4 Å². The van der Waals surface area contributed by atoms with Gasteiger partial charge in [0.15, 0.2) is 6.61 Å². The van der Waals surface area contributed by atoms with Crippen molar-refractivity contribution in [3.8, 4) is 6.07 Å². The smallest absolute Gasteiger partial charge is 0.345 e.